The van der Waals surface area contributed by atoms with Gasteiger partial charge in [0.1, 0.15) is 5.69 Å². The van der Waals surface area contributed by atoms with Crippen LogP contribution in [0.1, 0.15) is 6.92 Å². The van der Waals surface area contributed by atoms with Gasteiger partial charge in [0.2, 0.25) is 10.0 Å². The molecule has 0 fully saturated rings. The zero-order valence-electron chi connectivity index (χ0n) is 11.9. The van der Waals surface area contributed by atoms with Gasteiger partial charge in [0.05, 0.1) is 9.82 Å². The standard InChI is InChI=1S/C11H19N5O4S/c1-3-15(2)7-6-13-21(19,20)9-4-5-11(16(17)18)10(8-9)14-12/h4-5,8,13-14H,3,6-7,12H2,1-2H3. The number of hydrogen-bond acceptors (Lipinski definition) is 7. The van der Waals surface area contributed by atoms with E-state index in [-0.39, 0.29) is 22.8 Å². The fourth-order valence-corrected chi connectivity index (χ4v) is 2.62. The summed E-state index contributed by atoms with van der Waals surface area (Å²) in [5, 5.41) is 10.8. The van der Waals surface area contributed by atoms with E-state index in [1.54, 1.807) is 0 Å². The minimum Gasteiger partial charge on any atom is -0.318 e. The van der Waals surface area contributed by atoms with Gasteiger partial charge >= 0.3 is 0 Å². The molecular weight excluding hydrogens is 298 g/mol. The molecule has 4 N–H and O–H groups in total. The Balaban J connectivity index is 2.91. The van der Waals surface area contributed by atoms with Crippen molar-refractivity contribution in [1.29, 1.82) is 0 Å². The molecule has 0 unspecified atom stereocenters. The molecule has 0 aromatic heterocycles. The van der Waals surface area contributed by atoms with Gasteiger partial charge in [-0.25, -0.2) is 13.1 Å². The van der Waals surface area contributed by atoms with E-state index in [0.717, 1.165) is 18.7 Å². The lowest BCUT2D eigenvalue weighted by Gasteiger charge is -2.14. The Bertz CT molecular complexity index is 605. The first-order chi connectivity index (χ1) is 9.81. The normalized spacial score (nSPS) is 11.6. The molecular formula is C11H19N5O4S. The Morgan fingerprint density at radius 2 is 2.10 bits per heavy atom. The highest BCUT2D eigenvalue weighted by Crippen LogP contribution is 2.26. The van der Waals surface area contributed by atoms with E-state index in [0.29, 0.717) is 6.54 Å². The molecule has 0 bridgehead atoms. The summed E-state index contributed by atoms with van der Waals surface area (Å²) in [4.78, 5) is 12.0. The summed E-state index contributed by atoms with van der Waals surface area (Å²) in [6, 6.07) is 3.40. The van der Waals surface area contributed by atoms with E-state index in [1.807, 2.05) is 18.9 Å². The van der Waals surface area contributed by atoms with Crippen molar-refractivity contribution in [2.75, 3.05) is 32.1 Å². The number of nitro groups is 1. The second-order valence-electron chi connectivity index (χ2n) is 4.37. The van der Waals surface area contributed by atoms with Gasteiger partial charge in [-0.3, -0.25) is 16.0 Å². The average molecular weight is 317 g/mol. The Labute approximate surface area is 123 Å². The van der Waals surface area contributed by atoms with Crippen molar-refractivity contribution < 1.29 is 13.3 Å². The van der Waals surface area contributed by atoms with Crippen molar-refractivity contribution in [2.45, 2.75) is 11.8 Å². The number of likely N-dealkylation sites (N-methyl/N-ethyl adjacent to an activating group) is 1. The van der Waals surface area contributed by atoms with Crippen LogP contribution in [-0.2, 0) is 10.0 Å². The number of nitrogens with zero attached hydrogens (tertiary/aromatic N) is 2. The van der Waals surface area contributed by atoms with Gasteiger partial charge in [0.15, 0.2) is 0 Å². The maximum atomic E-state index is 12.1. The Morgan fingerprint density at radius 3 is 2.62 bits per heavy atom. The molecule has 118 valence electrons. The van der Waals surface area contributed by atoms with Crippen LogP contribution in [0, 0.1) is 10.1 Å². The monoisotopic (exact) mass is 317 g/mol. The number of nitrogen functional groups attached to an aromatic ring is 1. The number of benzene rings is 1. The zero-order chi connectivity index (χ0) is 16.0. The first-order valence-electron chi connectivity index (χ1n) is 6.25. The van der Waals surface area contributed by atoms with Crippen LogP contribution in [0.15, 0.2) is 23.1 Å². The molecule has 0 amide bonds. The van der Waals surface area contributed by atoms with Crippen LogP contribution in [0.25, 0.3) is 0 Å². The second-order valence-corrected chi connectivity index (χ2v) is 6.14. The second kappa shape index (κ2) is 7.31. The quantitative estimate of drug-likeness (QED) is 0.352. The van der Waals surface area contributed by atoms with Crippen LogP contribution in [0.5, 0.6) is 0 Å². The van der Waals surface area contributed by atoms with Crippen molar-refractivity contribution in [2.24, 2.45) is 5.84 Å². The largest absolute Gasteiger partial charge is 0.318 e. The van der Waals surface area contributed by atoms with Gasteiger partial charge < -0.3 is 10.3 Å². The van der Waals surface area contributed by atoms with Crippen molar-refractivity contribution >= 4 is 21.4 Å². The van der Waals surface area contributed by atoms with Crippen molar-refractivity contribution in [1.82, 2.24) is 9.62 Å². The average Bonchev–Trinajstić information content (AvgIpc) is 2.45. The highest BCUT2D eigenvalue weighted by Gasteiger charge is 2.19. The molecule has 21 heavy (non-hydrogen) atoms. The maximum absolute atomic E-state index is 12.1. The molecule has 10 heteroatoms. The molecule has 1 rings (SSSR count). The summed E-state index contributed by atoms with van der Waals surface area (Å²) in [7, 11) is -1.86. The minimum atomic E-state index is -3.73. The van der Waals surface area contributed by atoms with Crippen LogP contribution in [0.4, 0.5) is 11.4 Å². The zero-order valence-corrected chi connectivity index (χ0v) is 12.7. The Kier molecular flexibility index (Phi) is 6.03. The molecule has 9 nitrogen and oxygen atoms in total. The number of nitrogens with two attached hydrogens (primary N) is 1. The van der Waals surface area contributed by atoms with E-state index in [2.05, 4.69) is 10.1 Å². The molecule has 1 aromatic carbocycles. The Morgan fingerprint density at radius 1 is 1.43 bits per heavy atom. The SMILES string of the molecule is CCN(C)CCNS(=O)(=O)c1ccc([N+](=O)[O-])c(NN)c1. The van der Waals surface area contributed by atoms with Crippen LogP contribution in [-0.4, -0.2) is 44.9 Å². The summed E-state index contributed by atoms with van der Waals surface area (Å²) in [5.74, 6) is 5.18. The fraction of sp³-hybridized carbons (Fsp3) is 0.455. The fourth-order valence-electron chi connectivity index (χ4n) is 1.57. The van der Waals surface area contributed by atoms with Gasteiger partial charge in [-0.05, 0) is 25.7 Å². The lowest BCUT2D eigenvalue weighted by Crippen LogP contribution is -2.33. The highest BCUT2D eigenvalue weighted by atomic mass is 32.2. The van der Waals surface area contributed by atoms with Gasteiger partial charge in [-0.2, -0.15) is 0 Å². The first kappa shape index (κ1) is 17.3. The van der Waals surface area contributed by atoms with Gasteiger partial charge in [0.25, 0.3) is 5.69 Å². The summed E-state index contributed by atoms with van der Waals surface area (Å²) in [6.45, 7) is 3.57. The smallest absolute Gasteiger partial charge is 0.293 e. The molecule has 0 atom stereocenters. The third kappa shape index (κ3) is 4.63. The number of nitro benzene ring substituents is 1. The summed E-state index contributed by atoms with van der Waals surface area (Å²) >= 11 is 0. The summed E-state index contributed by atoms with van der Waals surface area (Å²) in [5.41, 5.74) is 1.78. The van der Waals surface area contributed by atoms with Gasteiger partial charge in [-0.15, -0.1) is 0 Å². The lowest BCUT2D eigenvalue weighted by atomic mass is 10.3. The van der Waals surface area contributed by atoms with Crippen LogP contribution in [0.3, 0.4) is 0 Å². The summed E-state index contributed by atoms with van der Waals surface area (Å²) in [6.07, 6.45) is 0. The Hall–Kier alpha value is -1.75. The molecule has 1 aromatic rings. The predicted molar refractivity (Wildman–Crippen MR) is 79.3 cm³/mol. The third-order valence-electron chi connectivity index (χ3n) is 2.96. The third-order valence-corrected chi connectivity index (χ3v) is 4.41. The van der Waals surface area contributed by atoms with E-state index in [1.165, 1.54) is 6.07 Å². The van der Waals surface area contributed by atoms with Crippen LogP contribution >= 0.6 is 0 Å². The predicted octanol–water partition coefficient (Wildman–Crippen LogP) is 0.110. The lowest BCUT2D eigenvalue weighted by molar-refractivity contribution is -0.384. The number of hydrogen-bond donors (Lipinski definition) is 3. The van der Waals surface area contributed by atoms with Crippen molar-refractivity contribution in [3.05, 3.63) is 28.3 Å². The van der Waals surface area contributed by atoms with Crippen molar-refractivity contribution in [3.8, 4) is 0 Å². The molecule has 0 spiro atoms. The number of anilines is 1. The number of nitrogens with one attached hydrogen (secondary N) is 2. The number of sulfonamides is 1. The van der Waals surface area contributed by atoms with Gasteiger partial charge in [0, 0.05) is 19.2 Å². The van der Waals surface area contributed by atoms with Crippen LogP contribution in [0.2, 0.25) is 0 Å². The number of hydrazine groups is 1. The molecule has 0 aliphatic rings. The highest BCUT2D eigenvalue weighted by molar-refractivity contribution is 7.89. The van der Waals surface area contributed by atoms with Crippen LogP contribution < -0.4 is 16.0 Å². The topological polar surface area (TPSA) is 131 Å². The van der Waals surface area contributed by atoms with E-state index >= 15 is 0 Å². The minimum absolute atomic E-state index is 0.0615. The maximum Gasteiger partial charge on any atom is 0.293 e. The number of rotatable bonds is 8. The van der Waals surface area contributed by atoms with E-state index < -0.39 is 14.9 Å². The van der Waals surface area contributed by atoms with E-state index in [9.17, 15) is 18.5 Å². The van der Waals surface area contributed by atoms with Gasteiger partial charge in [-0.1, -0.05) is 6.92 Å². The molecule has 0 saturated carbocycles. The van der Waals surface area contributed by atoms with E-state index in [4.69, 9.17) is 5.84 Å². The molecule has 0 radical (unpaired) electrons. The molecule has 0 heterocycles. The molecule has 0 saturated heterocycles. The molecule has 0 aliphatic heterocycles. The molecule has 0 aliphatic carbocycles. The van der Waals surface area contributed by atoms with Crippen molar-refractivity contribution in [3.63, 3.8) is 0 Å². The first-order valence-corrected chi connectivity index (χ1v) is 7.73. The summed E-state index contributed by atoms with van der Waals surface area (Å²) < 4.78 is 26.6.